The first kappa shape index (κ1) is 24.1. The summed E-state index contributed by atoms with van der Waals surface area (Å²) < 4.78 is 12.0. The lowest BCUT2D eigenvalue weighted by Gasteiger charge is -2.16. The summed E-state index contributed by atoms with van der Waals surface area (Å²) in [5.41, 5.74) is 0.0398. The number of ether oxygens (including phenoxy) is 2. The standard InChI is InChI=1S/C23H29N5O5/c1-13(2)12-28-19-18(21(30)27-23(28)31)15(11-17(25-19)14(3)4)20(29)26-16-7-6-8-24-22(16)33-10-9-32-5/h6-8,11,13-14H,9-10,12H2,1-5H3,(H,26,29)(H,27,30,31). The molecule has 3 aromatic rings. The van der Waals surface area contributed by atoms with Crippen LogP contribution >= 0.6 is 0 Å². The molecule has 10 nitrogen and oxygen atoms in total. The molecule has 0 fully saturated rings. The molecule has 3 aromatic heterocycles. The minimum absolute atomic E-state index is 0.0332. The van der Waals surface area contributed by atoms with Crippen LogP contribution in [0.25, 0.3) is 11.0 Å². The zero-order valence-corrected chi connectivity index (χ0v) is 19.5. The molecular formula is C23H29N5O5. The lowest BCUT2D eigenvalue weighted by molar-refractivity contribution is 0.102. The Kier molecular flexibility index (Phi) is 7.59. The first-order valence-corrected chi connectivity index (χ1v) is 10.8. The monoisotopic (exact) mass is 455 g/mol. The molecule has 0 radical (unpaired) electrons. The number of carbonyl (C=O) groups excluding carboxylic acids is 1. The van der Waals surface area contributed by atoms with E-state index in [1.165, 1.54) is 4.57 Å². The summed E-state index contributed by atoms with van der Waals surface area (Å²) in [6, 6.07) is 4.90. The highest BCUT2D eigenvalue weighted by Gasteiger charge is 2.22. The Morgan fingerprint density at radius 1 is 1.21 bits per heavy atom. The molecule has 0 bridgehead atoms. The quantitative estimate of drug-likeness (QED) is 0.475. The third-order valence-electron chi connectivity index (χ3n) is 4.90. The first-order valence-electron chi connectivity index (χ1n) is 10.8. The zero-order chi connectivity index (χ0) is 24.1. The van der Waals surface area contributed by atoms with Crippen molar-refractivity contribution in [3.63, 3.8) is 0 Å². The van der Waals surface area contributed by atoms with Crippen LogP contribution < -0.4 is 21.3 Å². The summed E-state index contributed by atoms with van der Waals surface area (Å²) in [7, 11) is 1.56. The number of carbonyl (C=O) groups is 1. The molecule has 2 N–H and O–H groups in total. The number of H-pyrrole nitrogens is 1. The largest absolute Gasteiger partial charge is 0.474 e. The predicted octanol–water partition coefficient (Wildman–Crippen LogP) is 2.54. The molecule has 0 saturated carbocycles. The predicted molar refractivity (Wildman–Crippen MR) is 125 cm³/mol. The van der Waals surface area contributed by atoms with Gasteiger partial charge in [0.1, 0.15) is 12.3 Å². The second-order valence-corrected chi connectivity index (χ2v) is 8.36. The zero-order valence-electron chi connectivity index (χ0n) is 19.5. The lowest BCUT2D eigenvalue weighted by Crippen LogP contribution is -2.33. The number of hydrogen-bond donors (Lipinski definition) is 2. The highest BCUT2D eigenvalue weighted by molar-refractivity contribution is 6.12. The van der Waals surface area contributed by atoms with Crippen molar-refractivity contribution in [2.24, 2.45) is 5.92 Å². The van der Waals surface area contributed by atoms with Crippen LogP contribution in [0.15, 0.2) is 34.0 Å². The lowest BCUT2D eigenvalue weighted by atomic mass is 10.0. The average Bonchev–Trinajstić information content (AvgIpc) is 2.76. The maximum atomic E-state index is 13.4. The Morgan fingerprint density at radius 3 is 2.64 bits per heavy atom. The molecule has 176 valence electrons. The molecule has 0 aliphatic heterocycles. The molecule has 0 saturated heterocycles. The number of methoxy groups -OCH3 is 1. The third kappa shape index (κ3) is 5.46. The molecule has 0 unspecified atom stereocenters. The molecule has 3 heterocycles. The Balaban J connectivity index is 2.14. The van der Waals surface area contributed by atoms with E-state index in [-0.39, 0.29) is 40.9 Å². The maximum Gasteiger partial charge on any atom is 0.330 e. The normalized spacial score (nSPS) is 11.4. The number of fused-ring (bicyclic) bond motifs is 1. The molecular weight excluding hydrogens is 426 g/mol. The van der Waals surface area contributed by atoms with Crippen molar-refractivity contribution < 1.29 is 14.3 Å². The number of rotatable bonds is 9. The number of aromatic nitrogens is 4. The summed E-state index contributed by atoms with van der Waals surface area (Å²) in [6.45, 7) is 8.73. The van der Waals surface area contributed by atoms with Crippen LogP contribution in [0.4, 0.5) is 5.69 Å². The van der Waals surface area contributed by atoms with Crippen molar-refractivity contribution in [2.75, 3.05) is 25.6 Å². The fourth-order valence-corrected chi connectivity index (χ4v) is 3.32. The topological polar surface area (TPSA) is 128 Å². The Morgan fingerprint density at radius 2 is 1.97 bits per heavy atom. The van der Waals surface area contributed by atoms with Gasteiger partial charge in [0.15, 0.2) is 5.65 Å². The van der Waals surface area contributed by atoms with Gasteiger partial charge in [-0.2, -0.15) is 0 Å². The molecule has 33 heavy (non-hydrogen) atoms. The molecule has 0 aromatic carbocycles. The van der Waals surface area contributed by atoms with Gasteiger partial charge >= 0.3 is 5.69 Å². The van der Waals surface area contributed by atoms with E-state index < -0.39 is 17.2 Å². The molecule has 0 aliphatic rings. The molecule has 0 aliphatic carbocycles. The van der Waals surface area contributed by atoms with E-state index in [0.717, 1.165) is 0 Å². The minimum atomic E-state index is -0.661. The van der Waals surface area contributed by atoms with Gasteiger partial charge in [0.25, 0.3) is 11.5 Å². The van der Waals surface area contributed by atoms with E-state index in [4.69, 9.17) is 9.47 Å². The number of aromatic amines is 1. The van der Waals surface area contributed by atoms with Gasteiger partial charge in [0, 0.05) is 25.5 Å². The van der Waals surface area contributed by atoms with Crippen molar-refractivity contribution >= 4 is 22.6 Å². The van der Waals surface area contributed by atoms with Crippen molar-refractivity contribution in [1.29, 1.82) is 0 Å². The van der Waals surface area contributed by atoms with Gasteiger partial charge in [-0.15, -0.1) is 0 Å². The number of hydrogen-bond acceptors (Lipinski definition) is 7. The minimum Gasteiger partial charge on any atom is -0.474 e. The van der Waals surface area contributed by atoms with E-state index in [1.807, 2.05) is 27.7 Å². The summed E-state index contributed by atoms with van der Waals surface area (Å²) in [5.74, 6) is -0.208. The van der Waals surface area contributed by atoms with Gasteiger partial charge in [0.05, 0.1) is 17.6 Å². The molecule has 3 rings (SSSR count). The highest BCUT2D eigenvalue weighted by atomic mass is 16.5. The SMILES string of the molecule is COCCOc1ncccc1NC(=O)c1cc(C(C)C)nc2c1c(=O)[nH]c(=O)n2CC(C)C. The summed E-state index contributed by atoms with van der Waals surface area (Å²) >= 11 is 0. The van der Waals surface area contributed by atoms with E-state index in [0.29, 0.717) is 24.5 Å². The van der Waals surface area contributed by atoms with E-state index >= 15 is 0 Å². The number of anilines is 1. The van der Waals surface area contributed by atoms with Crippen LogP contribution in [-0.4, -0.2) is 45.7 Å². The Labute approximate surface area is 191 Å². The van der Waals surface area contributed by atoms with Crippen LogP contribution in [0.3, 0.4) is 0 Å². The molecule has 0 spiro atoms. The summed E-state index contributed by atoms with van der Waals surface area (Å²) in [5, 5.41) is 2.84. The molecule has 1 amide bonds. The van der Waals surface area contributed by atoms with Crippen molar-refractivity contribution in [2.45, 2.75) is 40.2 Å². The Bertz CT molecular complexity index is 1260. The van der Waals surface area contributed by atoms with Crippen LogP contribution in [-0.2, 0) is 11.3 Å². The smallest absolute Gasteiger partial charge is 0.330 e. The van der Waals surface area contributed by atoms with Gasteiger partial charge in [-0.05, 0) is 30.0 Å². The van der Waals surface area contributed by atoms with Gasteiger partial charge in [-0.3, -0.25) is 19.1 Å². The number of nitrogens with one attached hydrogen (secondary N) is 2. The van der Waals surface area contributed by atoms with Crippen LogP contribution in [0, 0.1) is 5.92 Å². The van der Waals surface area contributed by atoms with Gasteiger partial charge in [0.2, 0.25) is 5.88 Å². The number of nitrogens with zero attached hydrogens (tertiary/aromatic N) is 3. The number of pyridine rings is 2. The maximum absolute atomic E-state index is 13.4. The second kappa shape index (κ2) is 10.4. The van der Waals surface area contributed by atoms with Crippen molar-refractivity contribution in [1.82, 2.24) is 19.5 Å². The fourth-order valence-electron chi connectivity index (χ4n) is 3.32. The van der Waals surface area contributed by atoms with E-state index in [2.05, 4.69) is 20.3 Å². The van der Waals surface area contributed by atoms with Gasteiger partial charge < -0.3 is 14.8 Å². The first-order chi connectivity index (χ1) is 15.7. The summed E-state index contributed by atoms with van der Waals surface area (Å²) in [4.78, 5) is 49.8. The van der Waals surface area contributed by atoms with Crippen LogP contribution in [0.1, 0.15) is 49.7 Å². The summed E-state index contributed by atoms with van der Waals surface area (Å²) in [6.07, 6.45) is 1.55. The Hall–Kier alpha value is -3.53. The van der Waals surface area contributed by atoms with E-state index in [1.54, 1.807) is 31.5 Å². The third-order valence-corrected chi connectivity index (χ3v) is 4.90. The van der Waals surface area contributed by atoms with Crippen LogP contribution in [0.5, 0.6) is 5.88 Å². The molecule has 10 heteroatoms. The molecule has 0 atom stereocenters. The van der Waals surface area contributed by atoms with E-state index in [9.17, 15) is 14.4 Å². The number of amides is 1. The van der Waals surface area contributed by atoms with Gasteiger partial charge in [-0.1, -0.05) is 27.7 Å². The second-order valence-electron chi connectivity index (χ2n) is 8.36. The van der Waals surface area contributed by atoms with Crippen LogP contribution in [0.2, 0.25) is 0 Å². The van der Waals surface area contributed by atoms with Gasteiger partial charge in [-0.25, -0.2) is 14.8 Å². The van der Waals surface area contributed by atoms with Crippen molar-refractivity contribution in [3.8, 4) is 5.88 Å². The fraction of sp³-hybridized carbons (Fsp3) is 0.435. The average molecular weight is 456 g/mol. The van der Waals surface area contributed by atoms with Crippen molar-refractivity contribution in [3.05, 3.63) is 56.5 Å². The highest BCUT2D eigenvalue weighted by Crippen LogP contribution is 2.24.